The van der Waals surface area contributed by atoms with Gasteiger partial charge < -0.3 is 5.32 Å². The third-order valence-corrected chi connectivity index (χ3v) is 6.69. The number of Topliss-reactive ketones (excluding diaryl/α,β-unsaturated/α-hetero) is 2. The number of halogens is 3. The van der Waals surface area contributed by atoms with Crippen LogP contribution in [0.5, 0.6) is 0 Å². The molecule has 0 aliphatic heterocycles. The van der Waals surface area contributed by atoms with Gasteiger partial charge in [0.25, 0.3) is 0 Å². The lowest BCUT2D eigenvalue weighted by atomic mass is 9.85. The zero-order valence-electron chi connectivity index (χ0n) is 20.6. The van der Waals surface area contributed by atoms with Gasteiger partial charge in [0.1, 0.15) is 23.2 Å². The minimum absolute atomic E-state index is 0. The molecular formula is C27H27Cl2FN4O3. The maximum atomic E-state index is 14.4. The number of carbonyl (C=O) groups excluding carboxylic acids is 3. The Bertz CT molecular complexity index is 1310. The van der Waals surface area contributed by atoms with Gasteiger partial charge in [-0.2, -0.15) is 0 Å². The molecule has 0 bridgehead atoms. The number of amides is 2. The monoisotopic (exact) mass is 544 g/mol. The lowest BCUT2D eigenvalue weighted by molar-refractivity contribution is -0.124. The summed E-state index contributed by atoms with van der Waals surface area (Å²) in [5, 5.41) is 2.99. The van der Waals surface area contributed by atoms with Crippen LogP contribution in [0.2, 0.25) is 5.02 Å². The Morgan fingerprint density at radius 2 is 1.86 bits per heavy atom. The van der Waals surface area contributed by atoms with E-state index in [2.05, 4.69) is 15.3 Å². The summed E-state index contributed by atoms with van der Waals surface area (Å²) in [6, 6.07) is 9.60. The van der Waals surface area contributed by atoms with Crippen molar-refractivity contribution in [2.24, 2.45) is 5.92 Å². The van der Waals surface area contributed by atoms with Crippen molar-refractivity contribution in [1.29, 1.82) is 0 Å². The lowest BCUT2D eigenvalue weighted by Gasteiger charge is -2.18. The molecule has 1 aliphatic carbocycles. The van der Waals surface area contributed by atoms with Crippen LogP contribution in [0, 0.1) is 25.6 Å². The standard InChI is InChI=1S/C27H26ClFN4O3.ClH/c1-15-10-18(25-20(29)13-19(28)14-32-25)11-16(2)23(15)24-21(34)12-17(26(24)35)7-9-31-27(36)33(3)22-6-4-5-8-30-22;/h4-6,8,10-11,13-14,17,24H,7,9,12H2,1-3H3,(H,31,36);1H. The molecule has 2 atom stereocenters. The Morgan fingerprint density at radius 3 is 2.49 bits per heavy atom. The third kappa shape index (κ3) is 5.97. The topological polar surface area (TPSA) is 92.3 Å². The molecule has 7 nitrogen and oxygen atoms in total. The van der Waals surface area contributed by atoms with E-state index in [0.717, 1.165) is 11.1 Å². The van der Waals surface area contributed by atoms with Gasteiger partial charge >= 0.3 is 6.03 Å². The predicted molar refractivity (Wildman–Crippen MR) is 143 cm³/mol. The predicted octanol–water partition coefficient (Wildman–Crippen LogP) is 5.45. The molecule has 1 N–H and O–H groups in total. The molecule has 10 heteroatoms. The van der Waals surface area contributed by atoms with Gasteiger partial charge in [0.15, 0.2) is 11.6 Å². The number of benzene rings is 1. The van der Waals surface area contributed by atoms with E-state index >= 15 is 0 Å². The number of pyridine rings is 2. The molecule has 0 radical (unpaired) electrons. The van der Waals surface area contributed by atoms with Crippen LogP contribution in [0.3, 0.4) is 0 Å². The SMILES string of the molecule is Cc1cc(-c2ncc(Cl)cc2F)cc(C)c1C1C(=O)CC(CCNC(=O)N(C)c2ccccn2)C1=O.Cl. The van der Waals surface area contributed by atoms with Crippen LogP contribution in [0.15, 0.2) is 48.8 Å². The maximum absolute atomic E-state index is 14.4. The first-order chi connectivity index (χ1) is 17.2. The summed E-state index contributed by atoms with van der Waals surface area (Å²) in [4.78, 5) is 48.2. The molecule has 4 rings (SSSR count). The van der Waals surface area contributed by atoms with Gasteiger partial charge in [0.2, 0.25) is 0 Å². The number of aromatic nitrogens is 2. The second-order valence-corrected chi connectivity index (χ2v) is 9.41. The minimum Gasteiger partial charge on any atom is -0.338 e. The summed E-state index contributed by atoms with van der Waals surface area (Å²) in [5.41, 5.74) is 2.81. The summed E-state index contributed by atoms with van der Waals surface area (Å²) >= 11 is 5.82. The number of ketones is 2. The highest BCUT2D eigenvalue weighted by atomic mass is 35.5. The van der Waals surface area contributed by atoms with Crippen molar-refractivity contribution >= 4 is 47.4 Å². The van der Waals surface area contributed by atoms with E-state index in [1.807, 2.05) is 0 Å². The van der Waals surface area contributed by atoms with E-state index in [1.165, 1.54) is 17.2 Å². The Kier molecular flexibility index (Phi) is 8.99. The Hall–Kier alpha value is -3.36. The number of urea groups is 1. The summed E-state index contributed by atoms with van der Waals surface area (Å²) in [7, 11) is 1.61. The minimum atomic E-state index is -0.862. The molecule has 1 fully saturated rings. The van der Waals surface area contributed by atoms with Crippen molar-refractivity contribution in [2.45, 2.75) is 32.6 Å². The van der Waals surface area contributed by atoms with Crippen molar-refractivity contribution in [2.75, 3.05) is 18.5 Å². The average molecular weight is 545 g/mol. The van der Waals surface area contributed by atoms with E-state index in [1.54, 1.807) is 57.4 Å². The maximum Gasteiger partial charge on any atom is 0.322 e. The van der Waals surface area contributed by atoms with Crippen LogP contribution < -0.4 is 10.2 Å². The van der Waals surface area contributed by atoms with Crippen LogP contribution >= 0.6 is 24.0 Å². The summed E-state index contributed by atoms with van der Waals surface area (Å²) in [6.45, 7) is 3.87. The number of rotatable bonds is 6. The molecule has 194 valence electrons. The van der Waals surface area contributed by atoms with Gasteiger partial charge in [-0.25, -0.2) is 14.2 Å². The fourth-order valence-electron chi connectivity index (χ4n) is 4.73. The number of hydrogen-bond donors (Lipinski definition) is 1. The number of nitrogens with zero attached hydrogens (tertiary/aromatic N) is 3. The first-order valence-electron chi connectivity index (χ1n) is 11.6. The molecule has 2 unspecified atom stereocenters. The highest BCUT2D eigenvalue weighted by molar-refractivity contribution is 6.30. The fourth-order valence-corrected chi connectivity index (χ4v) is 4.87. The Balaban J connectivity index is 0.00000380. The summed E-state index contributed by atoms with van der Waals surface area (Å²) < 4.78 is 14.4. The number of nitrogens with one attached hydrogen (secondary N) is 1. The molecule has 37 heavy (non-hydrogen) atoms. The van der Waals surface area contributed by atoms with Gasteiger partial charge in [-0.05, 0) is 67.3 Å². The van der Waals surface area contributed by atoms with E-state index in [-0.39, 0.29) is 53.7 Å². The number of aryl methyl sites for hydroxylation is 2. The van der Waals surface area contributed by atoms with Gasteiger partial charge in [0, 0.05) is 43.9 Å². The molecule has 1 aliphatic rings. The van der Waals surface area contributed by atoms with Crippen LogP contribution in [0.4, 0.5) is 15.0 Å². The fraction of sp³-hybridized carbons (Fsp3) is 0.296. The second kappa shape index (κ2) is 11.8. The zero-order valence-corrected chi connectivity index (χ0v) is 22.2. The molecule has 1 saturated carbocycles. The summed E-state index contributed by atoms with van der Waals surface area (Å²) in [5.74, 6) is -1.67. The smallest absolute Gasteiger partial charge is 0.322 e. The molecule has 1 aromatic carbocycles. The largest absolute Gasteiger partial charge is 0.338 e. The Labute approximate surface area is 225 Å². The Morgan fingerprint density at radius 1 is 1.16 bits per heavy atom. The molecule has 0 spiro atoms. The number of anilines is 1. The van der Waals surface area contributed by atoms with Crippen LogP contribution in [-0.4, -0.2) is 41.2 Å². The van der Waals surface area contributed by atoms with Crippen molar-refractivity contribution in [3.8, 4) is 11.3 Å². The number of carbonyl (C=O) groups is 3. The molecule has 0 saturated heterocycles. The molecule has 2 heterocycles. The van der Waals surface area contributed by atoms with Crippen molar-refractivity contribution in [3.05, 3.63) is 76.3 Å². The second-order valence-electron chi connectivity index (χ2n) is 8.98. The van der Waals surface area contributed by atoms with E-state index < -0.39 is 17.7 Å². The molecule has 3 aromatic rings. The van der Waals surface area contributed by atoms with Gasteiger partial charge in [0.05, 0.1) is 5.02 Å². The molecule has 2 amide bonds. The van der Waals surface area contributed by atoms with Gasteiger partial charge in [-0.15, -0.1) is 12.4 Å². The molecular weight excluding hydrogens is 518 g/mol. The van der Waals surface area contributed by atoms with Crippen LogP contribution in [0.1, 0.15) is 35.4 Å². The normalized spacial score (nSPS) is 16.9. The van der Waals surface area contributed by atoms with Gasteiger partial charge in [-0.3, -0.25) is 19.5 Å². The van der Waals surface area contributed by atoms with Crippen LogP contribution in [-0.2, 0) is 9.59 Å². The first kappa shape index (κ1) is 28.2. The quantitative estimate of drug-likeness (QED) is 0.416. The number of hydrogen-bond acceptors (Lipinski definition) is 5. The summed E-state index contributed by atoms with van der Waals surface area (Å²) in [6.07, 6.45) is 3.46. The third-order valence-electron chi connectivity index (χ3n) is 6.49. The average Bonchev–Trinajstić information content (AvgIpc) is 3.11. The van der Waals surface area contributed by atoms with E-state index in [4.69, 9.17) is 11.6 Å². The van der Waals surface area contributed by atoms with Gasteiger partial charge in [-0.1, -0.05) is 17.7 Å². The zero-order chi connectivity index (χ0) is 26.0. The van der Waals surface area contributed by atoms with Crippen molar-refractivity contribution < 1.29 is 18.8 Å². The molecule has 2 aromatic heterocycles. The highest BCUT2D eigenvalue weighted by Crippen LogP contribution is 2.38. The lowest BCUT2D eigenvalue weighted by Crippen LogP contribution is -2.38. The van der Waals surface area contributed by atoms with E-state index in [0.29, 0.717) is 23.4 Å². The van der Waals surface area contributed by atoms with Crippen molar-refractivity contribution in [3.63, 3.8) is 0 Å². The van der Waals surface area contributed by atoms with Crippen molar-refractivity contribution in [1.82, 2.24) is 15.3 Å². The highest BCUT2D eigenvalue weighted by Gasteiger charge is 2.43. The van der Waals surface area contributed by atoms with Crippen LogP contribution in [0.25, 0.3) is 11.3 Å². The van der Waals surface area contributed by atoms with E-state index in [9.17, 15) is 18.8 Å². The first-order valence-corrected chi connectivity index (χ1v) is 12.0.